The Hall–Kier alpha value is -2.20. The lowest BCUT2D eigenvalue weighted by molar-refractivity contribution is -0.141. The van der Waals surface area contributed by atoms with E-state index in [0.29, 0.717) is 6.54 Å². The maximum absolute atomic E-state index is 10.5. The molecule has 128 valence electrons. The van der Waals surface area contributed by atoms with Crippen LogP contribution in [0, 0.1) is 0 Å². The number of carbonyl (C=O) groups excluding carboxylic acids is 1. The highest BCUT2D eigenvalue weighted by Gasteiger charge is 2.15. The minimum Gasteiger partial charge on any atom is -0.481 e. The quantitative estimate of drug-likeness (QED) is 0.280. The number of primary amides is 1. The second-order valence-electron chi connectivity index (χ2n) is 4.33. The number of carbonyl (C=O) groups is 4. The van der Waals surface area contributed by atoms with Crippen molar-refractivity contribution in [1.82, 2.24) is 5.32 Å². The monoisotopic (exact) mass is 321 g/mol. The fourth-order valence-electron chi connectivity index (χ4n) is 1.25. The summed E-state index contributed by atoms with van der Waals surface area (Å²) in [5.74, 6) is -3.62. The number of carboxylic acids is 3. The SMILES string of the molecule is CCN[C@@H](CCC(N)=O)C(=O)O.N[C@@H](CCC(=O)O)C(=O)O. The minimum absolute atomic E-state index is 0.0231. The Balaban J connectivity index is 0. The van der Waals surface area contributed by atoms with Gasteiger partial charge in [-0.15, -0.1) is 0 Å². The molecule has 0 aromatic rings. The molecule has 10 nitrogen and oxygen atoms in total. The van der Waals surface area contributed by atoms with Crippen LogP contribution in [0.25, 0.3) is 0 Å². The number of rotatable bonds is 10. The summed E-state index contributed by atoms with van der Waals surface area (Å²) in [4.78, 5) is 40.7. The maximum Gasteiger partial charge on any atom is 0.320 e. The summed E-state index contributed by atoms with van der Waals surface area (Å²) in [7, 11) is 0. The lowest BCUT2D eigenvalue weighted by Crippen LogP contribution is -2.37. The van der Waals surface area contributed by atoms with E-state index in [1.807, 2.05) is 0 Å². The van der Waals surface area contributed by atoms with Gasteiger partial charge in [-0.3, -0.25) is 19.2 Å². The third-order valence-electron chi connectivity index (χ3n) is 2.41. The molecule has 8 N–H and O–H groups in total. The van der Waals surface area contributed by atoms with E-state index < -0.39 is 35.9 Å². The van der Waals surface area contributed by atoms with Crippen LogP contribution in [0.4, 0.5) is 0 Å². The third-order valence-corrected chi connectivity index (χ3v) is 2.41. The van der Waals surface area contributed by atoms with Gasteiger partial charge in [-0.25, -0.2) is 0 Å². The number of hydrogen-bond donors (Lipinski definition) is 6. The van der Waals surface area contributed by atoms with Crippen LogP contribution in [0.1, 0.15) is 32.6 Å². The van der Waals surface area contributed by atoms with Crippen LogP contribution >= 0.6 is 0 Å². The van der Waals surface area contributed by atoms with Crippen molar-refractivity contribution in [3.8, 4) is 0 Å². The zero-order valence-electron chi connectivity index (χ0n) is 12.3. The first kappa shape index (κ1) is 22.1. The Morgan fingerprint density at radius 3 is 1.86 bits per heavy atom. The van der Waals surface area contributed by atoms with Gasteiger partial charge >= 0.3 is 17.9 Å². The molecule has 0 heterocycles. The van der Waals surface area contributed by atoms with E-state index in [4.69, 9.17) is 26.8 Å². The predicted octanol–water partition coefficient (Wildman–Crippen LogP) is -1.42. The van der Waals surface area contributed by atoms with Crippen molar-refractivity contribution in [2.45, 2.75) is 44.7 Å². The van der Waals surface area contributed by atoms with Gasteiger partial charge in [0, 0.05) is 12.8 Å². The van der Waals surface area contributed by atoms with Crippen molar-refractivity contribution < 1.29 is 34.5 Å². The first-order valence-electron chi connectivity index (χ1n) is 6.56. The molecule has 0 rings (SSSR count). The van der Waals surface area contributed by atoms with Crippen molar-refractivity contribution in [2.24, 2.45) is 11.5 Å². The Kier molecular flexibility index (Phi) is 12.6. The van der Waals surface area contributed by atoms with Crippen LogP contribution in [-0.2, 0) is 19.2 Å². The standard InChI is InChI=1S/C7H14N2O3.C5H9NO4/c1-2-9-5(7(11)12)3-4-6(8)10;6-3(5(9)10)1-2-4(7)8/h5,9H,2-4H2,1H3,(H2,8,10)(H,11,12);3H,1-2,6H2,(H,7,8)(H,9,10)/t5-;3-/m00/s1. The number of hydrogen-bond acceptors (Lipinski definition) is 6. The molecule has 0 bridgehead atoms. The van der Waals surface area contributed by atoms with Crippen LogP contribution < -0.4 is 16.8 Å². The van der Waals surface area contributed by atoms with Crippen LogP contribution in [-0.4, -0.2) is 57.8 Å². The van der Waals surface area contributed by atoms with E-state index in [1.165, 1.54) is 0 Å². The topological polar surface area (TPSA) is 193 Å². The number of nitrogens with one attached hydrogen (secondary N) is 1. The van der Waals surface area contributed by atoms with Gasteiger partial charge in [-0.2, -0.15) is 0 Å². The molecular weight excluding hydrogens is 298 g/mol. The molecule has 0 aromatic carbocycles. The largest absolute Gasteiger partial charge is 0.481 e. The average Bonchev–Trinajstić information content (AvgIpc) is 2.40. The van der Waals surface area contributed by atoms with Crippen molar-refractivity contribution in [3.05, 3.63) is 0 Å². The van der Waals surface area contributed by atoms with Crippen molar-refractivity contribution in [1.29, 1.82) is 0 Å². The minimum atomic E-state index is -1.17. The zero-order valence-corrected chi connectivity index (χ0v) is 12.3. The highest BCUT2D eigenvalue weighted by molar-refractivity contribution is 5.77. The highest BCUT2D eigenvalue weighted by Crippen LogP contribution is 1.96. The zero-order chi connectivity index (χ0) is 17.7. The first-order chi connectivity index (χ1) is 10.1. The van der Waals surface area contributed by atoms with Gasteiger partial charge in [0.2, 0.25) is 5.91 Å². The Morgan fingerprint density at radius 2 is 1.55 bits per heavy atom. The van der Waals surface area contributed by atoms with Gasteiger partial charge in [0.15, 0.2) is 0 Å². The lowest BCUT2D eigenvalue weighted by atomic mass is 10.1. The molecule has 0 aliphatic rings. The van der Waals surface area contributed by atoms with Gasteiger partial charge in [0.1, 0.15) is 12.1 Å². The summed E-state index contributed by atoms with van der Waals surface area (Å²) in [6, 6.07) is -1.72. The smallest absolute Gasteiger partial charge is 0.320 e. The van der Waals surface area contributed by atoms with Crippen molar-refractivity contribution >= 4 is 23.8 Å². The molecule has 0 spiro atoms. The maximum atomic E-state index is 10.5. The normalized spacial score (nSPS) is 12.5. The van der Waals surface area contributed by atoms with E-state index in [2.05, 4.69) is 5.32 Å². The molecule has 10 heteroatoms. The molecule has 0 saturated carbocycles. The molecule has 0 aromatic heterocycles. The molecule has 0 saturated heterocycles. The number of nitrogens with two attached hydrogens (primary N) is 2. The lowest BCUT2D eigenvalue weighted by Gasteiger charge is -2.10. The second kappa shape index (κ2) is 12.5. The summed E-state index contributed by atoms with van der Waals surface area (Å²) < 4.78 is 0. The summed E-state index contributed by atoms with van der Waals surface area (Å²) in [5, 5.41) is 27.6. The van der Waals surface area contributed by atoms with E-state index in [1.54, 1.807) is 6.92 Å². The molecule has 0 aliphatic heterocycles. The van der Waals surface area contributed by atoms with Gasteiger partial charge in [-0.05, 0) is 19.4 Å². The van der Waals surface area contributed by atoms with E-state index in [0.717, 1.165) is 0 Å². The van der Waals surface area contributed by atoms with E-state index in [-0.39, 0.29) is 25.7 Å². The molecule has 0 aliphatic carbocycles. The molecule has 22 heavy (non-hydrogen) atoms. The van der Waals surface area contributed by atoms with Crippen molar-refractivity contribution in [2.75, 3.05) is 6.54 Å². The number of aliphatic carboxylic acids is 3. The summed E-state index contributed by atoms with van der Waals surface area (Å²) in [5.41, 5.74) is 9.88. The molecule has 2 atom stereocenters. The second-order valence-corrected chi connectivity index (χ2v) is 4.33. The fraction of sp³-hybridized carbons (Fsp3) is 0.667. The van der Waals surface area contributed by atoms with Gasteiger partial charge in [0.05, 0.1) is 0 Å². The van der Waals surface area contributed by atoms with Crippen LogP contribution in [0.2, 0.25) is 0 Å². The molecule has 0 fully saturated rings. The molecular formula is C12H23N3O7. The van der Waals surface area contributed by atoms with Crippen LogP contribution in [0.3, 0.4) is 0 Å². The molecule has 1 amide bonds. The molecule has 0 unspecified atom stereocenters. The Bertz CT molecular complexity index is 387. The van der Waals surface area contributed by atoms with Crippen LogP contribution in [0.5, 0.6) is 0 Å². The summed E-state index contributed by atoms with van der Waals surface area (Å²) >= 11 is 0. The number of likely N-dealkylation sites (N-methyl/N-ethyl adjacent to an activating group) is 1. The first-order valence-corrected chi connectivity index (χ1v) is 6.56. The molecule has 0 radical (unpaired) electrons. The van der Waals surface area contributed by atoms with Gasteiger partial charge in [0.25, 0.3) is 0 Å². The van der Waals surface area contributed by atoms with Crippen molar-refractivity contribution in [3.63, 3.8) is 0 Å². The third kappa shape index (κ3) is 14.2. The summed E-state index contributed by atoms with van der Waals surface area (Å²) in [6.45, 7) is 2.37. The summed E-state index contributed by atoms with van der Waals surface area (Å²) in [6.07, 6.45) is 0.126. The van der Waals surface area contributed by atoms with E-state index in [9.17, 15) is 19.2 Å². The predicted molar refractivity (Wildman–Crippen MR) is 76.0 cm³/mol. The fourth-order valence-corrected chi connectivity index (χ4v) is 1.25. The Labute approximate surface area is 127 Å². The highest BCUT2D eigenvalue weighted by atomic mass is 16.4. The Morgan fingerprint density at radius 1 is 1.00 bits per heavy atom. The van der Waals surface area contributed by atoms with Crippen LogP contribution in [0.15, 0.2) is 0 Å². The van der Waals surface area contributed by atoms with Gasteiger partial charge < -0.3 is 32.1 Å². The number of amides is 1. The average molecular weight is 321 g/mol. The number of carboxylic acid groups (broad SMARTS) is 3. The van der Waals surface area contributed by atoms with Gasteiger partial charge in [-0.1, -0.05) is 6.92 Å². The van der Waals surface area contributed by atoms with E-state index >= 15 is 0 Å².